The first-order valence-electron chi connectivity index (χ1n) is 1.31. The average molecular weight is 101 g/mol. The summed E-state index contributed by atoms with van der Waals surface area (Å²) in [4.78, 5) is 0. The second-order valence-electron chi connectivity index (χ2n) is 0.690. The Morgan fingerprint density at radius 3 is 3.00 bits per heavy atom. The van der Waals surface area contributed by atoms with Crippen LogP contribution < -0.4 is 4.23 Å². The number of nitrogens with zero attached hydrogens (tertiary/aromatic N) is 2. The largest absolute Gasteiger partial charge is 0.581 e. The van der Waals surface area contributed by atoms with Crippen LogP contribution in [-0.4, -0.2) is 5.10 Å². The SMILES string of the molecule is [O-][n+]1n[c]cs1. The second-order valence-corrected chi connectivity index (χ2v) is 1.45. The summed E-state index contributed by atoms with van der Waals surface area (Å²) in [7, 11) is 0. The molecule has 0 amide bonds. The van der Waals surface area contributed by atoms with Crippen LogP contribution in [0.4, 0.5) is 0 Å². The summed E-state index contributed by atoms with van der Waals surface area (Å²) in [6.07, 6.45) is 2.35. The van der Waals surface area contributed by atoms with E-state index in [-0.39, 0.29) is 0 Å². The molecule has 0 aromatic carbocycles. The zero-order valence-corrected chi connectivity index (χ0v) is 3.60. The van der Waals surface area contributed by atoms with Gasteiger partial charge in [0.1, 0.15) is 0 Å². The molecule has 1 heterocycles. The fraction of sp³-hybridized carbons (Fsp3) is 0. The summed E-state index contributed by atoms with van der Waals surface area (Å²) < 4.78 is 0.486. The third-order valence-corrected chi connectivity index (χ3v) is 0.808. The quantitative estimate of drug-likeness (QED) is 0.329. The van der Waals surface area contributed by atoms with Crippen molar-refractivity contribution in [1.29, 1.82) is 0 Å². The van der Waals surface area contributed by atoms with Crippen molar-refractivity contribution < 1.29 is 4.23 Å². The predicted molar refractivity (Wildman–Crippen MR) is 19.9 cm³/mol. The first kappa shape index (κ1) is 3.55. The first-order valence-corrected chi connectivity index (χ1v) is 2.15. The molecule has 0 aliphatic heterocycles. The van der Waals surface area contributed by atoms with E-state index in [9.17, 15) is 5.21 Å². The van der Waals surface area contributed by atoms with Crippen molar-refractivity contribution >= 4 is 11.5 Å². The highest BCUT2D eigenvalue weighted by Gasteiger charge is 1.83. The van der Waals surface area contributed by atoms with Crippen molar-refractivity contribution in [1.82, 2.24) is 5.10 Å². The minimum Gasteiger partial charge on any atom is -0.581 e. The molecule has 1 rings (SSSR count). The lowest BCUT2D eigenvalue weighted by Gasteiger charge is -1.72. The van der Waals surface area contributed by atoms with Gasteiger partial charge < -0.3 is 5.21 Å². The van der Waals surface area contributed by atoms with E-state index in [1.807, 2.05) is 0 Å². The molecule has 0 N–H and O–H groups in total. The fourth-order valence-corrected chi connectivity index (χ4v) is 0.442. The van der Waals surface area contributed by atoms with Crippen LogP contribution in [0.15, 0.2) is 5.38 Å². The maximum absolute atomic E-state index is 9.86. The van der Waals surface area contributed by atoms with Gasteiger partial charge in [-0.1, -0.05) is 0 Å². The third kappa shape index (κ3) is 0.463. The van der Waals surface area contributed by atoms with E-state index in [1.54, 1.807) is 0 Å². The molecule has 6 heavy (non-hydrogen) atoms. The van der Waals surface area contributed by atoms with Gasteiger partial charge in [-0.05, 0) is 0 Å². The smallest absolute Gasteiger partial charge is 0.182 e. The second kappa shape index (κ2) is 1.22. The van der Waals surface area contributed by atoms with Gasteiger partial charge in [0.15, 0.2) is 17.7 Å². The number of hydrogen-bond acceptors (Lipinski definition) is 3. The Morgan fingerprint density at radius 1 is 2.00 bits per heavy atom. The Bertz CT molecular complexity index is 115. The normalized spacial score (nSPS) is 8.67. The maximum Gasteiger partial charge on any atom is 0.182 e. The summed E-state index contributed by atoms with van der Waals surface area (Å²) in [5.41, 5.74) is 0. The van der Waals surface area contributed by atoms with E-state index >= 15 is 0 Å². The molecule has 1 aromatic heterocycles. The lowest BCUT2D eigenvalue weighted by Crippen LogP contribution is -2.22. The van der Waals surface area contributed by atoms with Crippen molar-refractivity contribution in [2.75, 3.05) is 0 Å². The molecule has 0 spiro atoms. The molecule has 4 heteroatoms. The number of rotatable bonds is 0. The van der Waals surface area contributed by atoms with Gasteiger partial charge in [0.2, 0.25) is 0 Å². The molecule has 0 bridgehead atoms. The molecular formula is C2HN2OS. The molecule has 31 valence electrons. The van der Waals surface area contributed by atoms with Crippen molar-refractivity contribution in [2.45, 2.75) is 0 Å². The van der Waals surface area contributed by atoms with Crippen LogP contribution in [0.25, 0.3) is 0 Å². The summed E-state index contributed by atoms with van der Waals surface area (Å²) in [6, 6.07) is 0. The van der Waals surface area contributed by atoms with Crippen LogP contribution in [0.2, 0.25) is 0 Å². The average Bonchev–Trinajstić information content (AvgIpc) is 1.86. The lowest BCUT2D eigenvalue weighted by molar-refractivity contribution is -0.598. The molecule has 0 aliphatic rings. The molecule has 0 saturated carbocycles. The highest BCUT2D eigenvalue weighted by atomic mass is 32.1. The van der Waals surface area contributed by atoms with Gasteiger partial charge in [-0.25, -0.2) is 0 Å². The molecule has 0 unspecified atom stereocenters. The Hall–Kier alpha value is -0.640. The van der Waals surface area contributed by atoms with Crippen molar-refractivity contribution in [2.24, 2.45) is 0 Å². The highest BCUT2D eigenvalue weighted by molar-refractivity contribution is 6.99. The Balaban J connectivity index is 3.05. The van der Waals surface area contributed by atoms with Crippen LogP contribution in [0.5, 0.6) is 0 Å². The summed E-state index contributed by atoms with van der Waals surface area (Å²) in [5.74, 6) is 0. The molecule has 1 radical (unpaired) electrons. The Labute approximate surface area is 38.6 Å². The summed E-state index contributed by atoms with van der Waals surface area (Å²) in [6.45, 7) is 0. The maximum atomic E-state index is 9.86. The van der Waals surface area contributed by atoms with E-state index in [1.165, 1.54) is 5.38 Å². The first-order chi connectivity index (χ1) is 2.89. The van der Waals surface area contributed by atoms with Gasteiger partial charge in [-0.15, -0.1) is 0 Å². The lowest BCUT2D eigenvalue weighted by atomic mass is 11.1. The van der Waals surface area contributed by atoms with E-state index in [0.717, 1.165) is 11.5 Å². The van der Waals surface area contributed by atoms with Gasteiger partial charge in [0.05, 0.1) is 5.38 Å². The van der Waals surface area contributed by atoms with Gasteiger partial charge in [-0.2, -0.15) is 0 Å². The fourth-order valence-electron chi connectivity index (χ4n) is 0.163. The van der Waals surface area contributed by atoms with E-state index in [4.69, 9.17) is 0 Å². The van der Waals surface area contributed by atoms with Gasteiger partial charge in [0, 0.05) is 9.33 Å². The number of hydrogen-bond donors (Lipinski definition) is 0. The minimum absolute atomic E-state index is 0.486. The molecule has 3 nitrogen and oxygen atoms in total. The van der Waals surface area contributed by atoms with Crippen LogP contribution >= 0.6 is 11.5 Å². The monoisotopic (exact) mass is 101 g/mol. The van der Waals surface area contributed by atoms with Gasteiger partial charge in [0.25, 0.3) is 0 Å². The van der Waals surface area contributed by atoms with Crippen LogP contribution in [0.1, 0.15) is 0 Å². The topological polar surface area (TPSA) is 39.8 Å². The van der Waals surface area contributed by atoms with E-state index in [0.29, 0.717) is 4.23 Å². The predicted octanol–water partition coefficient (Wildman–Crippen LogP) is -0.423. The van der Waals surface area contributed by atoms with Crippen LogP contribution in [0, 0.1) is 11.4 Å². The van der Waals surface area contributed by atoms with Gasteiger partial charge >= 0.3 is 0 Å². The van der Waals surface area contributed by atoms with Crippen molar-refractivity contribution in [3.8, 4) is 0 Å². The van der Waals surface area contributed by atoms with Crippen LogP contribution in [0.3, 0.4) is 0 Å². The summed E-state index contributed by atoms with van der Waals surface area (Å²) >= 11 is 0.972. The Kier molecular flexibility index (Phi) is 0.719. The zero-order chi connectivity index (χ0) is 4.41. The zero-order valence-electron chi connectivity index (χ0n) is 2.79. The number of aromatic nitrogens is 2. The molecule has 0 saturated heterocycles. The minimum atomic E-state index is 0.486. The molecular weight excluding hydrogens is 100 g/mol. The standard InChI is InChI=1S/C2HN2OS/c5-4-3-1-2-6-4/h2H. The van der Waals surface area contributed by atoms with Crippen molar-refractivity contribution in [3.05, 3.63) is 16.8 Å². The molecule has 0 atom stereocenters. The highest BCUT2D eigenvalue weighted by Crippen LogP contribution is 1.74. The van der Waals surface area contributed by atoms with E-state index in [2.05, 4.69) is 11.3 Å². The molecule has 0 aliphatic carbocycles. The van der Waals surface area contributed by atoms with Gasteiger partial charge in [-0.3, -0.25) is 0 Å². The molecule has 1 aromatic rings. The Morgan fingerprint density at radius 2 is 2.83 bits per heavy atom. The third-order valence-electron chi connectivity index (χ3n) is 0.335. The van der Waals surface area contributed by atoms with Crippen molar-refractivity contribution in [3.63, 3.8) is 0 Å². The van der Waals surface area contributed by atoms with E-state index < -0.39 is 0 Å². The van der Waals surface area contributed by atoms with Crippen LogP contribution in [-0.2, 0) is 0 Å². The molecule has 0 fully saturated rings. The summed E-state index contributed by atoms with van der Waals surface area (Å²) in [5, 5.41) is 14.5.